The molecule has 2 aromatic carbocycles. The summed E-state index contributed by atoms with van der Waals surface area (Å²) in [6.45, 7) is 1.39. The van der Waals surface area contributed by atoms with Crippen LogP contribution in [-0.2, 0) is 32.8 Å². The Labute approximate surface area is 202 Å². The van der Waals surface area contributed by atoms with E-state index in [0.717, 1.165) is 11.1 Å². The van der Waals surface area contributed by atoms with Gasteiger partial charge in [0, 0.05) is 47.9 Å². The number of nitrogens with zero attached hydrogens (tertiary/aromatic N) is 2. The van der Waals surface area contributed by atoms with Crippen LogP contribution in [0.15, 0.2) is 60.9 Å². The van der Waals surface area contributed by atoms with E-state index in [1.54, 1.807) is 41.3 Å². The summed E-state index contributed by atoms with van der Waals surface area (Å²) >= 11 is 12.5. The molecule has 0 unspecified atom stereocenters. The molecule has 0 bridgehead atoms. The van der Waals surface area contributed by atoms with Crippen LogP contribution in [0.2, 0.25) is 10.0 Å². The first-order chi connectivity index (χ1) is 16.0. The van der Waals surface area contributed by atoms with E-state index in [-0.39, 0.29) is 18.4 Å². The molecule has 3 aromatic rings. The second-order valence-corrected chi connectivity index (χ2v) is 8.80. The maximum absolute atomic E-state index is 13.4. The molecule has 7 nitrogen and oxygen atoms in total. The average molecular weight is 487 g/mol. The predicted octanol–water partition coefficient (Wildman–Crippen LogP) is 4.19. The van der Waals surface area contributed by atoms with Crippen LogP contribution in [0, 0.1) is 0 Å². The number of hydrogen-bond acceptors (Lipinski definition) is 4. The highest BCUT2D eigenvalue weighted by atomic mass is 35.5. The van der Waals surface area contributed by atoms with Crippen LogP contribution in [0.25, 0.3) is 0 Å². The number of anilines is 1. The molecule has 2 N–H and O–H groups in total. The molecule has 2 amide bonds. The quantitative estimate of drug-likeness (QED) is 0.524. The van der Waals surface area contributed by atoms with E-state index in [1.165, 1.54) is 0 Å². The van der Waals surface area contributed by atoms with Gasteiger partial charge in [-0.25, -0.2) is 0 Å². The minimum atomic E-state index is -0.782. The summed E-state index contributed by atoms with van der Waals surface area (Å²) in [6.07, 6.45) is 4.41. The lowest BCUT2D eigenvalue weighted by Gasteiger charge is -2.37. The molecule has 1 fully saturated rings. The van der Waals surface area contributed by atoms with Gasteiger partial charge < -0.3 is 15.4 Å². The van der Waals surface area contributed by atoms with E-state index in [2.05, 4.69) is 15.7 Å². The molecule has 0 aliphatic carbocycles. The molecule has 1 aliphatic heterocycles. The Balaban J connectivity index is 1.44. The second-order valence-electron chi connectivity index (χ2n) is 7.95. The number of rotatable bonds is 7. The van der Waals surface area contributed by atoms with Crippen molar-refractivity contribution in [3.8, 4) is 0 Å². The topological polar surface area (TPSA) is 85.3 Å². The molecule has 9 heteroatoms. The van der Waals surface area contributed by atoms with Gasteiger partial charge in [-0.3, -0.25) is 14.3 Å². The highest BCUT2D eigenvalue weighted by Gasteiger charge is 2.42. The normalized spacial score (nSPS) is 15.1. The summed E-state index contributed by atoms with van der Waals surface area (Å²) in [5.74, 6) is -0.290. The minimum absolute atomic E-state index is 0.108. The zero-order valence-corrected chi connectivity index (χ0v) is 19.4. The zero-order chi connectivity index (χ0) is 23.3. The van der Waals surface area contributed by atoms with Crippen molar-refractivity contribution in [1.82, 2.24) is 15.1 Å². The van der Waals surface area contributed by atoms with Gasteiger partial charge in [0.15, 0.2) is 0 Å². The Kier molecular flexibility index (Phi) is 7.33. The van der Waals surface area contributed by atoms with Gasteiger partial charge in [0.25, 0.3) is 0 Å². The van der Waals surface area contributed by atoms with Crippen LogP contribution in [0.5, 0.6) is 0 Å². The fraction of sp³-hybridized carbons (Fsp3) is 0.292. The highest BCUT2D eigenvalue weighted by Crippen LogP contribution is 2.40. The van der Waals surface area contributed by atoms with Crippen LogP contribution in [0.3, 0.4) is 0 Å². The molecule has 33 heavy (non-hydrogen) atoms. The molecule has 4 rings (SSSR count). The summed E-state index contributed by atoms with van der Waals surface area (Å²) in [7, 11) is 0. The van der Waals surface area contributed by atoms with Crippen molar-refractivity contribution < 1.29 is 14.3 Å². The fourth-order valence-corrected chi connectivity index (χ4v) is 4.66. The first-order valence-electron chi connectivity index (χ1n) is 10.6. The summed E-state index contributed by atoms with van der Waals surface area (Å²) in [6, 6.07) is 14.4. The average Bonchev–Trinajstić information content (AvgIpc) is 3.31. The van der Waals surface area contributed by atoms with E-state index in [9.17, 15) is 9.59 Å². The molecular weight excluding hydrogens is 463 g/mol. The van der Waals surface area contributed by atoms with Crippen molar-refractivity contribution in [2.75, 3.05) is 18.5 Å². The Morgan fingerprint density at radius 2 is 1.91 bits per heavy atom. The molecule has 172 valence electrons. The van der Waals surface area contributed by atoms with Crippen LogP contribution < -0.4 is 10.6 Å². The largest absolute Gasteiger partial charge is 0.381 e. The third kappa shape index (κ3) is 5.55. The number of amides is 2. The number of hydrogen-bond donors (Lipinski definition) is 2. The zero-order valence-electron chi connectivity index (χ0n) is 17.9. The summed E-state index contributed by atoms with van der Waals surface area (Å²) < 4.78 is 7.07. The maximum atomic E-state index is 13.4. The lowest BCUT2D eigenvalue weighted by Crippen LogP contribution is -2.48. The molecule has 1 saturated heterocycles. The number of aromatic nitrogens is 2. The van der Waals surface area contributed by atoms with Crippen molar-refractivity contribution in [2.24, 2.45) is 0 Å². The third-order valence-corrected chi connectivity index (χ3v) is 6.30. The first-order valence-corrected chi connectivity index (χ1v) is 11.4. The lowest BCUT2D eigenvalue weighted by molar-refractivity contribution is -0.130. The second kappa shape index (κ2) is 10.4. The van der Waals surface area contributed by atoms with Gasteiger partial charge in [-0.05, 0) is 54.3 Å². The van der Waals surface area contributed by atoms with Crippen molar-refractivity contribution in [1.29, 1.82) is 0 Å². The van der Waals surface area contributed by atoms with Crippen molar-refractivity contribution in [3.63, 3.8) is 0 Å². The van der Waals surface area contributed by atoms with Gasteiger partial charge in [-0.1, -0.05) is 41.4 Å². The van der Waals surface area contributed by atoms with E-state index in [1.807, 2.05) is 24.3 Å². The van der Waals surface area contributed by atoms with Crippen molar-refractivity contribution in [3.05, 3.63) is 82.1 Å². The van der Waals surface area contributed by atoms with Crippen LogP contribution in [0.4, 0.5) is 5.69 Å². The Bertz CT molecular complexity index is 1130. The third-order valence-electron chi connectivity index (χ3n) is 5.76. The minimum Gasteiger partial charge on any atom is -0.381 e. The fourth-order valence-electron chi connectivity index (χ4n) is 4.07. The molecule has 0 spiro atoms. The van der Waals surface area contributed by atoms with E-state index >= 15 is 0 Å². The van der Waals surface area contributed by atoms with E-state index < -0.39 is 5.41 Å². The van der Waals surface area contributed by atoms with E-state index in [4.69, 9.17) is 27.9 Å². The SMILES string of the molecule is O=C(Cn1cccn1)Nc1cccc(CNC(=O)C2(c3ccc(Cl)cc3Cl)CCOCC2)c1. The number of benzene rings is 2. The van der Waals surface area contributed by atoms with Gasteiger partial charge in [-0.2, -0.15) is 5.10 Å². The Hall–Kier alpha value is -2.87. The molecule has 0 atom stereocenters. The monoisotopic (exact) mass is 486 g/mol. The van der Waals surface area contributed by atoms with Gasteiger partial charge >= 0.3 is 0 Å². The van der Waals surface area contributed by atoms with Gasteiger partial charge in [0.2, 0.25) is 11.8 Å². The van der Waals surface area contributed by atoms with Crippen LogP contribution in [0.1, 0.15) is 24.0 Å². The summed E-state index contributed by atoms with van der Waals surface area (Å²) in [4.78, 5) is 25.7. The number of nitrogens with one attached hydrogen (secondary N) is 2. The number of halogens is 2. The lowest BCUT2D eigenvalue weighted by atomic mass is 9.73. The van der Waals surface area contributed by atoms with Crippen molar-refractivity contribution in [2.45, 2.75) is 31.3 Å². The van der Waals surface area contributed by atoms with Crippen LogP contribution >= 0.6 is 23.2 Å². The Morgan fingerprint density at radius 3 is 2.64 bits per heavy atom. The van der Waals surface area contributed by atoms with Gasteiger partial charge in [-0.15, -0.1) is 0 Å². The standard InChI is InChI=1S/C24H24Cl2N4O3/c25-18-5-6-20(21(26)14-18)24(7-11-33-12-8-24)23(32)27-15-17-3-1-4-19(13-17)29-22(31)16-30-10-2-9-28-30/h1-6,9-10,13-14H,7-8,11-12,15-16H2,(H,27,32)(H,29,31). The van der Waals surface area contributed by atoms with Gasteiger partial charge in [0.05, 0.1) is 5.41 Å². The van der Waals surface area contributed by atoms with Crippen molar-refractivity contribution >= 4 is 40.7 Å². The summed E-state index contributed by atoms with van der Waals surface area (Å²) in [5, 5.41) is 10.9. The highest BCUT2D eigenvalue weighted by molar-refractivity contribution is 6.35. The molecule has 1 aliphatic rings. The Morgan fingerprint density at radius 1 is 1.09 bits per heavy atom. The predicted molar refractivity (Wildman–Crippen MR) is 127 cm³/mol. The molecule has 2 heterocycles. The molecule has 0 saturated carbocycles. The molecule has 0 radical (unpaired) electrons. The van der Waals surface area contributed by atoms with Crippen LogP contribution in [-0.4, -0.2) is 34.8 Å². The summed E-state index contributed by atoms with van der Waals surface area (Å²) in [5.41, 5.74) is 1.49. The molecular formula is C24H24Cl2N4O3. The number of carbonyl (C=O) groups is 2. The number of ether oxygens (including phenoxy) is 1. The number of carbonyl (C=O) groups excluding carboxylic acids is 2. The maximum Gasteiger partial charge on any atom is 0.246 e. The first kappa shape index (κ1) is 23.3. The van der Waals surface area contributed by atoms with Gasteiger partial charge in [0.1, 0.15) is 6.54 Å². The smallest absolute Gasteiger partial charge is 0.246 e. The van der Waals surface area contributed by atoms with E-state index in [0.29, 0.717) is 48.3 Å². The molecule has 1 aromatic heterocycles.